The summed E-state index contributed by atoms with van der Waals surface area (Å²) < 4.78 is 6.69. The maximum atomic E-state index is 5.52. The average molecular weight is 208 g/mol. The van der Waals surface area contributed by atoms with E-state index in [-0.39, 0.29) is 0 Å². The molecule has 4 heteroatoms. The van der Waals surface area contributed by atoms with Gasteiger partial charge < -0.3 is 10.5 Å². The standard InChI is InChI=1S/C10H12N2OS/c11-4-1-5-13-8-2-3-9-10(6-8)14-7-12-9/h2-3,6-7H,1,4-5,11H2. The van der Waals surface area contributed by atoms with Gasteiger partial charge in [-0.15, -0.1) is 11.3 Å². The van der Waals surface area contributed by atoms with Crippen LogP contribution in [-0.4, -0.2) is 18.1 Å². The van der Waals surface area contributed by atoms with Gasteiger partial charge in [-0.25, -0.2) is 4.98 Å². The van der Waals surface area contributed by atoms with Crippen LogP contribution in [0.25, 0.3) is 10.2 Å². The number of fused-ring (bicyclic) bond motifs is 1. The van der Waals surface area contributed by atoms with Crippen molar-refractivity contribution in [2.24, 2.45) is 5.73 Å². The van der Waals surface area contributed by atoms with Crippen LogP contribution in [-0.2, 0) is 0 Å². The van der Waals surface area contributed by atoms with Crippen molar-refractivity contribution in [3.8, 4) is 5.75 Å². The van der Waals surface area contributed by atoms with E-state index >= 15 is 0 Å². The summed E-state index contributed by atoms with van der Waals surface area (Å²) in [6.45, 7) is 1.35. The molecule has 0 saturated carbocycles. The topological polar surface area (TPSA) is 48.1 Å². The molecule has 0 aliphatic heterocycles. The van der Waals surface area contributed by atoms with Crippen LogP contribution >= 0.6 is 11.3 Å². The number of nitrogens with zero attached hydrogens (tertiary/aromatic N) is 1. The summed E-state index contributed by atoms with van der Waals surface area (Å²) in [5.74, 6) is 0.898. The minimum Gasteiger partial charge on any atom is -0.493 e. The number of aromatic nitrogens is 1. The molecule has 3 nitrogen and oxygen atoms in total. The second kappa shape index (κ2) is 4.39. The lowest BCUT2D eigenvalue weighted by atomic mass is 10.3. The van der Waals surface area contributed by atoms with Gasteiger partial charge in [-0.05, 0) is 31.2 Å². The Balaban J connectivity index is 2.10. The zero-order valence-corrected chi connectivity index (χ0v) is 8.59. The van der Waals surface area contributed by atoms with Crippen LogP contribution in [0.15, 0.2) is 23.7 Å². The molecule has 0 saturated heterocycles. The Morgan fingerprint density at radius 2 is 2.36 bits per heavy atom. The summed E-state index contributed by atoms with van der Waals surface area (Å²) in [4.78, 5) is 4.20. The van der Waals surface area contributed by atoms with Crippen LogP contribution in [0.4, 0.5) is 0 Å². The summed E-state index contributed by atoms with van der Waals surface area (Å²) in [6.07, 6.45) is 0.890. The first-order valence-electron chi connectivity index (χ1n) is 4.56. The molecule has 1 aromatic heterocycles. The molecular formula is C10H12N2OS. The molecule has 0 fully saturated rings. The largest absolute Gasteiger partial charge is 0.493 e. The molecule has 1 aromatic carbocycles. The third-order valence-electron chi connectivity index (χ3n) is 1.92. The van der Waals surface area contributed by atoms with E-state index in [1.165, 1.54) is 0 Å². The van der Waals surface area contributed by atoms with E-state index < -0.39 is 0 Å². The van der Waals surface area contributed by atoms with Gasteiger partial charge in [0.15, 0.2) is 0 Å². The van der Waals surface area contributed by atoms with Crippen LogP contribution in [0.3, 0.4) is 0 Å². The first kappa shape index (κ1) is 9.43. The van der Waals surface area contributed by atoms with Gasteiger partial charge in [0.2, 0.25) is 0 Å². The van der Waals surface area contributed by atoms with Crippen LogP contribution < -0.4 is 10.5 Å². The number of benzene rings is 1. The third kappa shape index (κ3) is 2.02. The molecule has 74 valence electrons. The maximum Gasteiger partial charge on any atom is 0.120 e. The second-order valence-electron chi connectivity index (χ2n) is 2.97. The monoisotopic (exact) mass is 208 g/mol. The highest BCUT2D eigenvalue weighted by Gasteiger charge is 1.98. The van der Waals surface area contributed by atoms with Gasteiger partial charge in [-0.2, -0.15) is 0 Å². The molecular weight excluding hydrogens is 196 g/mol. The highest BCUT2D eigenvalue weighted by Crippen LogP contribution is 2.23. The Bertz CT molecular complexity index is 413. The molecule has 14 heavy (non-hydrogen) atoms. The van der Waals surface area contributed by atoms with Crippen molar-refractivity contribution >= 4 is 21.6 Å². The first-order chi connectivity index (χ1) is 6.90. The zero-order valence-electron chi connectivity index (χ0n) is 7.77. The Morgan fingerprint density at radius 1 is 1.43 bits per heavy atom. The van der Waals surface area contributed by atoms with E-state index in [4.69, 9.17) is 10.5 Å². The number of rotatable bonds is 4. The molecule has 2 rings (SSSR count). The molecule has 0 amide bonds. The molecule has 0 aliphatic rings. The fourth-order valence-corrected chi connectivity index (χ4v) is 1.90. The molecule has 2 aromatic rings. The van der Waals surface area contributed by atoms with Crippen LogP contribution in [0.2, 0.25) is 0 Å². The van der Waals surface area contributed by atoms with Gasteiger partial charge in [0.05, 0.1) is 22.3 Å². The molecule has 1 heterocycles. The normalized spacial score (nSPS) is 10.6. The van der Waals surface area contributed by atoms with Crippen molar-refractivity contribution < 1.29 is 4.74 Å². The van der Waals surface area contributed by atoms with Crippen LogP contribution in [0, 0.1) is 0 Å². The summed E-state index contributed by atoms with van der Waals surface area (Å²) in [5, 5.41) is 0. The van der Waals surface area contributed by atoms with Crippen molar-refractivity contribution in [1.29, 1.82) is 0 Å². The zero-order chi connectivity index (χ0) is 9.80. The summed E-state index contributed by atoms with van der Waals surface area (Å²) >= 11 is 1.62. The quantitative estimate of drug-likeness (QED) is 0.782. The van der Waals surface area contributed by atoms with Crippen LogP contribution in [0.1, 0.15) is 6.42 Å². The first-order valence-corrected chi connectivity index (χ1v) is 5.44. The van der Waals surface area contributed by atoms with Gasteiger partial charge in [0.25, 0.3) is 0 Å². The van der Waals surface area contributed by atoms with Crippen molar-refractivity contribution in [1.82, 2.24) is 4.98 Å². The van der Waals surface area contributed by atoms with Gasteiger partial charge in [0, 0.05) is 0 Å². The number of hydrogen-bond donors (Lipinski definition) is 1. The smallest absolute Gasteiger partial charge is 0.120 e. The summed E-state index contributed by atoms with van der Waals surface area (Å²) in [6, 6.07) is 5.94. The highest BCUT2D eigenvalue weighted by atomic mass is 32.1. The third-order valence-corrected chi connectivity index (χ3v) is 2.71. The molecule has 0 bridgehead atoms. The fraction of sp³-hybridized carbons (Fsp3) is 0.300. The lowest BCUT2D eigenvalue weighted by Crippen LogP contribution is -2.05. The highest BCUT2D eigenvalue weighted by molar-refractivity contribution is 7.16. The Hall–Kier alpha value is -1.13. The van der Waals surface area contributed by atoms with Crippen LogP contribution in [0.5, 0.6) is 5.75 Å². The summed E-state index contributed by atoms with van der Waals surface area (Å²) in [7, 11) is 0. The van der Waals surface area contributed by atoms with Gasteiger partial charge in [0.1, 0.15) is 5.75 Å². The lowest BCUT2D eigenvalue weighted by Gasteiger charge is -2.04. The Morgan fingerprint density at radius 3 is 3.21 bits per heavy atom. The lowest BCUT2D eigenvalue weighted by molar-refractivity contribution is 0.314. The molecule has 0 radical (unpaired) electrons. The average Bonchev–Trinajstić information content (AvgIpc) is 2.65. The molecule has 0 unspecified atom stereocenters. The number of thiazole rings is 1. The van der Waals surface area contributed by atoms with E-state index in [0.29, 0.717) is 13.2 Å². The van der Waals surface area contributed by atoms with E-state index in [9.17, 15) is 0 Å². The fourth-order valence-electron chi connectivity index (χ4n) is 1.20. The number of nitrogens with two attached hydrogens (primary N) is 1. The number of ether oxygens (including phenoxy) is 1. The van der Waals surface area contributed by atoms with Gasteiger partial charge in [-0.1, -0.05) is 0 Å². The maximum absolute atomic E-state index is 5.52. The van der Waals surface area contributed by atoms with Gasteiger partial charge in [-0.3, -0.25) is 0 Å². The Kier molecular flexibility index (Phi) is 2.96. The minimum atomic E-state index is 0.669. The van der Waals surface area contributed by atoms with Crippen molar-refractivity contribution in [3.05, 3.63) is 23.7 Å². The summed E-state index contributed by atoms with van der Waals surface area (Å²) in [5.41, 5.74) is 8.25. The number of hydrogen-bond acceptors (Lipinski definition) is 4. The van der Waals surface area contributed by atoms with Crippen molar-refractivity contribution in [2.75, 3.05) is 13.2 Å². The predicted molar refractivity (Wildman–Crippen MR) is 58.8 cm³/mol. The second-order valence-corrected chi connectivity index (χ2v) is 3.86. The SMILES string of the molecule is NCCCOc1ccc2ncsc2c1. The Labute approximate surface area is 86.5 Å². The molecule has 0 spiro atoms. The van der Waals surface area contributed by atoms with Gasteiger partial charge >= 0.3 is 0 Å². The molecule has 0 aliphatic carbocycles. The van der Waals surface area contributed by atoms with E-state index in [1.807, 2.05) is 23.7 Å². The minimum absolute atomic E-state index is 0.669. The van der Waals surface area contributed by atoms with E-state index in [1.54, 1.807) is 11.3 Å². The predicted octanol–water partition coefficient (Wildman–Crippen LogP) is 2.02. The van der Waals surface area contributed by atoms with E-state index in [2.05, 4.69) is 4.98 Å². The molecule has 0 atom stereocenters. The van der Waals surface area contributed by atoms with Crippen molar-refractivity contribution in [3.63, 3.8) is 0 Å². The molecule has 2 N–H and O–H groups in total. The van der Waals surface area contributed by atoms with Crippen molar-refractivity contribution in [2.45, 2.75) is 6.42 Å². The van der Waals surface area contributed by atoms with E-state index in [0.717, 1.165) is 22.4 Å².